The van der Waals surface area contributed by atoms with Crippen molar-refractivity contribution in [3.63, 3.8) is 0 Å². The van der Waals surface area contributed by atoms with Crippen molar-refractivity contribution in [2.45, 2.75) is 31.8 Å². The highest BCUT2D eigenvalue weighted by Crippen LogP contribution is 2.12. The monoisotopic (exact) mass is 320 g/mol. The van der Waals surface area contributed by atoms with Gasteiger partial charge in [-0.15, -0.1) is 12.4 Å². The molecule has 3 rings (SSSR count). The molecule has 1 unspecified atom stereocenters. The topological polar surface area (TPSA) is 59.0 Å². The van der Waals surface area contributed by atoms with E-state index in [1.54, 1.807) is 6.20 Å². The van der Waals surface area contributed by atoms with Crippen LogP contribution in [0.25, 0.3) is 0 Å². The lowest BCUT2D eigenvalue weighted by molar-refractivity contribution is -0.116. The molecule has 1 fully saturated rings. The number of rotatable bonds is 5. The Morgan fingerprint density at radius 3 is 2.91 bits per heavy atom. The number of aromatic nitrogens is 2. The Bertz CT molecular complexity index is 593. The second-order valence-electron chi connectivity index (χ2n) is 5.46. The van der Waals surface area contributed by atoms with Crippen molar-refractivity contribution in [2.75, 3.05) is 11.9 Å². The summed E-state index contributed by atoms with van der Waals surface area (Å²) in [7, 11) is 0. The number of benzene rings is 1. The fourth-order valence-corrected chi connectivity index (χ4v) is 2.65. The first-order chi connectivity index (χ1) is 10.3. The van der Waals surface area contributed by atoms with Gasteiger partial charge < -0.3 is 10.6 Å². The molecule has 0 radical (unpaired) electrons. The molecule has 118 valence electrons. The molecule has 22 heavy (non-hydrogen) atoms. The van der Waals surface area contributed by atoms with Gasteiger partial charge in [0, 0.05) is 18.7 Å². The van der Waals surface area contributed by atoms with E-state index in [1.807, 2.05) is 29.1 Å². The van der Waals surface area contributed by atoms with Crippen molar-refractivity contribution >= 4 is 24.0 Å². The lowest BCUT2D eigenvalue weighted by Crippen LogP contribution is -2.27. The zero-order valence-corrected chi connectivity index (χ0v) is 13.2. The minimum atomic E-state index is 0. The van der Waals surface area contributed by atoms with Crippen molar-refractivity contribution in [1.82, 2.24) is 15.1 Å². The molecule has 0 saturated carbocycles. The largest absolute Gasteiger partial charge is 0.323 e. The molecular formula is C16H21ClN4O. The van der Waals surface area contributed by atoms with Crippen LogP contribution in [0.1, 0.15) is 24.8 Å². The van der Waals surface area contributed by atoms with E-state index in [1.165, 1.54) is 5.56 Å². The first-order valence-corrected chi connectivity index (χ1v) is 7.39. The summed E-state index contributed by atoms with van der Waals surface area (Å²) in [4.78, 5) is 11.9. The van der Waals surface area contributed by atoms with Gasteiger partial charge in [-0.3, -0.25) is 9.48 Å². The number of anilines is 1. The summed E-state index contributed by atoms with van der Waals surface area (Å²) in [6.07, 6.45) is 6.34. The van der Waals surface area contributed by atoms with Gasteiger partial charge in [0.25, 0.3) is 0 Å². The van der Waals surface area contributed by atoms with Gasteiger partial charge in [0.15, 0.2) is 0 Å². The Labute approximate surface area is 136 Å². The first-order valence-electron chi connectivity index (χ1n) is 7.39. The van der Waals surface area contributed by atoms with Gasteiger partial charge in [-0.05, 0) is 24.9 Å². The number of amides is 1. The molecule has 0 spiro atoms. The number of nitrogens with one attached hydrogen (secondary N) is 2. The van der Waals surface area contributed by atoms with E-state index in [0.29, 0.717) is 19.0 Å². The lowest BCUT2D eigenvalue weighted by atomic mass is 10.1. The average molecular weight is 321 g/mol. The van der Waals surface area contributed by atoms with Crippen LogP contribution in [0, 0.1) is 0 Å². The maximum absolute atomic E-state index is 11.9. The number of carbonyl (C=O) groups excluding carboxylic acids is 1. The van der Waals surface area contributed by atoms with E-state index in [2.05, 4.69) is 27.9 Å². The summed E-state index contributed by atoms with van der Waals surface area (Å²) >= 11 is 0. The summed E-state index contributed by atoms with van der Waals surface area (Å²) < 4.78 is 1.83. The highest BCUT2D eigenvalue weighted by Gasteiger charge is 2.17. The maximum atomic E-state index is 11.9. The van der Waals surface area contributed by atoms with Crippen molar-refractivity contribution in [1.29, 1.82) is 0 Å². The Kier molecular flexibility index (Phi) is 5.98. The number of nitrogens with zero attached hydrogens (tertiary/aromatic N) is 2. The third-order valence-electron chi connectivity index (χ3n) is 3.70. The van der Waals surface area contributed by atoms with Crippen molar-refractivity contribution in [3.8, 4) is 0 Å². The smallest absolute Gasteiger partial charge is 0.226 e. The molecule has 0 bridgehead atoms. The van der Waals surface area contributed by atoms with Gasteiger partial charge in [0.05, 0.1) is 18.4 Å². The molecule has 1 atom stereocenters. The predicted octanol–water partition coefficient (Wildman–Crippen LogP) is 2.43. The fraction of sp³-hybridized carbons (Fsp3) is 0.375. The van der Waals surface area contributed by atoms with Crippen LogP contribution >= 0.6 is 12.4 Å². The van der Waals surface area contributed by atoms with Crippen molar-refractivity contribution in [2.24, 2.45) is 0 Å². The van der Waals surface area contributed by atoms with Crippen LogP contribution in [0.5, 0.6) is 0 Å². The van der Waals surface area contributed by atoms with Gasteiger partial charge in [0.2, 0.25) is 5.91 Å². The molecule has 2 N–H and O–H groups in total. The molecular weight excluding hydrogens is 300 g/mol. The van der Waals surface area contributed by atoms with E-state index in [-0.39, 0.29) is 18.3 Å². The molecule has 0 aliphatic carbocycles. The minimum Gasteiger partial charge on any atom is -0.323 e. The summed E-state index contributed by atoms with van der Waals surface area (Å²) in [5, 5.41) is 10.5. The number of hydrogen-bond donors (Lipinski definition) is 2. The van der Waals surface area contributed by atoms with E-state index >= 15 is 0 Å². The third kappa shape index (κ3) is 4.58. The molecule has 1 aromatic heterocycles. The Hall–Kier alpha value is -1.85. The summed E-state index contributed by atoms with van der Waals surface area (Å²) in [6.45, 7) is 1.73. The molecule has 2 aromatic rings. The molecule has 1 amide bonds. The zero-order chi connectivity index (χ0) is 14.5. The van der Waals surface area contributed by atoms with E-state index in [0.717, 1.165) is 25.1 Å². The Morgan fingerprint density at radius 2 is 2.18 bits per heavy atom. The lowest BCUT2D eigenvalue weighted by Gasteiger charge is -2.09. The van der Waals surface area contributed by atoms with E-state index in [4.69, 9.17) is 0 Å². The van der Waals surface area contributed by atoms with E-state index < -0.39 is 0 Å². The number of carbonyl (C=O) groups is 1. The number of hydrogen-bond acceptors (Lipinski definition) is 3. The zero-order valence-electron chi connectivity index (χ0n) is 12.4. The second-order valence-corrected chi connectivity index (χ2v) is 5.46. The van der Waals surface area contributed by atoms with Gasteiger partial charge >= 0.3 is 0 Å². The van der Waals surface area contributed by atoms with Crippen molar-refractivity contribution in [3.05, 3.63) is 48.3 Å². The molecule has 2 heterocycles. The predicted molar refractivity (Wildman–Crippen MR) is 89.3 cm³/mol. The molecule has 1 aromatic carbocycles. The summed E-state index contributed by atoms with van der Waals surface area (Å²) in [5.41, 5.74) is 1.95. The first kappa shape index (κ1) is 16.5. The van der Waals surface area contributed by atoms with Gasteiger partial charge in [0.1, 0.15) is 0 Å². The van der Waals surface area contributed by atoms with Crippen LogP contribution in [0.2, 0.25) is 0 Å². The summed E-state index contributed by atoms with van der Waals surface area (Å²) in [6, 6.07) is 10.5. The SMILES string of the molecule is Cl.O=C(CC1CCCN1)Nc1cnn(Cc2ccccc2)c1. The van der Waals surface area contributed by atoms with Crippen LogP contribution in [0.15, 0.2) is 42.7 Å². The Morgan fingerprint density at radius 1 is 1.36 bits per heavy atom. The highest BCUT2D eigenvalue weighted by atomic mass is 35.5. The molecule has 1 aliphatic rings. The van der Waals surface area contributed by atoms with Crippen LogP contribution in [0.3, 0.4) is 0 Å². The molecule has 6 heteroatoms. The molecule has 5 nitrogen and oxygen atoms in total. The highest BCUT2D eigenvalue weighted by molar-refractivity contribution is 5.90. The van der Waals surface area contributed by atoms with Gasteiger partial charge in [-0.1, -0.05) is 30.3 Å². The summed E-state index contributed by atoms with van der Waals surface area (Å²) in [5.74, 6) is 0.0497. The number of halogens is 1. The minimum absolute atomic E-state index is 0. The van der Waals surface area contributed by atoms with Crippen molar-refractivity contribution < 1.29 is 4.79 Å². The standard InChI is InChI=1S/C16H20N4O.ClH/c21-16(9-14-7-4-8-17-14)19-15-10-18-20(12-15)11-13-5-2-1-3-6-13;/h1-3,5-6,10,12,14,17H,4,7-9,11H2,(H,19,21);1H. The van der Waals surface area contributed by atoms with Crippen LogP contribution in [-0.2, 0) is 11.3 Å². The molecule has 1 saturated heterocycles. The average Bonchev–Trinajstić information content (AvgIpc) is 3.12. The maximum Gasteiger partial charge on any atom is 0.226 e. The van der Waals surface area contributed by atoms with Crippen LogP contribution < -0.4 is 10.6 Å². The van der Waals surface area contributed by atoms with Gasteiger partial charge in [-0.25, -0.2) is 0 Å². The van der Waals surface area contributed by atoms with Gasteiger partial charge in [-0.2, -0.15) is 5.10 Å². The molecule has 1 aliphatic heterocycles. The third-order valence-corrected chi connectivity index (χ3v) is 3.70. The van der Waals surface area contributed by atoms with E-state index in [9.17, 15) is 4.79 Å². The normalized spacial score (nSPS) is 17.0. The van der Waals surface area contributed by atoms with Crippen LogP contribution in [-0.4, -0.2) is 28.3 Å². The second kappa shape index (κ2) is 7.96. The Balaban J connectivity index is 0.00000176. The quantitative estimate of drug-likeness (QED) is 0.889. The van der Waals surface area contributed by atoms with Crippen LogP contribution in [0.4, 0.5) is 5.69 Å². The fourth-order valence-electron chi connectivity index (χ4n) is 2.65.